The molecule has 1 amide bonds. The van der Waals surface area contributed by atoms with Crippen molar-refractivity contribution in [2.45, 2.75) is 18.5 Å². The van der Waals surface area contributed by atoms with Gasteiger partial charge in [-0.2, -0.15) is 0 Å². The molecule has 6 heterocycles. The minimum atomic E-state index is -0.0250. The Bertz CT molecular complexity index is 1400. The number of amides is 1. The van der Waals surface area contributed by atoms with Crippen LogP contribution in [-0.2, 0) is 4.74 Å². The lowest BCUT2D eigenvalue weighted by Gasteiger charge is -2.35. The van der Waals surface area contributed by atoms with E-state index in [9.17, 15) is 4.79 Å². The van der Waals surface area contributed by atoms with Gasteiger partial charge in [0.2, 0.25) is 5.95 Å². The third-order valence-electron chi connectivity index (χ3n) is 7.32. The lowest BCUT2D eigenvalue weighted by molar-refractivity contribution is 0.0719. The Morgan fingerprint density at radius 2 is 1.83 bits per heavy atom. The number of hydrogen-bond donors (Lipinski definition) is 1. The summed E-state index contributed by atoms with van der Waals surface area (Å²) in [6.45, 7) is 4.20. The molecule has 3 fully saturated rings. The van der Waals surface area contributed by atoms with Crippen LogP contribution in [0.25, 0.3) is 22.6 Å². The summed E-state index contributed by atoms with van der Waals surface area (Å²) in [5, 5.41) is 0. The van der Waals surface area contributed by atoms with Crippen LogP contribution in [0.2, 0.25) is 0 Å². The van der Waals surface area contributed by atoms with Crippen molar-refractivity contribution in [3.63, 3.8) is 0 Å². The van der Waals surface area contributed by atoms with E-state index >= 15 is 0 Å². The first-order valence-corrected chi connectivity index (χ1v) is 12.4. The van der Waals surface area contributed by atoms with E-state index in [0.29, 0.717) is 31.4 Å². The number of fused-ring (bicyclic) bond motifs is 3. The largest absolute Gasteiger partial charge is 0.378 e. The van der Waals surface area contributed by atoms with Crippen molar-refractivity contribution in [2.75, 3.05) is 49.2 Å². The van der Waals surface area contributed by atoms with Gasteiger partial charge in [0.1, 0.15) is 17.2 Å². The summed E-state index contributed by atoms with van der Waals surface area (Å²) < 4.78 is 5.42. The average molecular weight is 483 g/mol. The van der Waals surface area contributed by atoms with Crippen LogP contribution in [0.4, 0.5) is 11.8 Å². The van der Waals surface area contributed by atoms with E-state index in [4.69, 9.17) is 14.7 Å². The molecule has 36 heavy (non-hydrogen) atoms. The minimum Gasteiger partial charge on any atom is -0.378 e. The maximum atomic E-state index is 13.4. The number of benzene rings is 1. The molecular weight excluding hydrogens is 456 g/mol. The van der Waals surface area contributed by atoms with E-state index in [0.717, 1.165) is 54.4 Å². The van der Waals surface area contributed by atoms with Crippen LogP contribution >= 0.6 is 0 Å². The molecule has 3 aromatic heterocycles. The van der Waals surface area contributed by atoms with Crippen LogP contribution < -0.4 is 9.80 Å². The molecule has 0 spiro atoms. The number of piperazine rings is 1. The first kappa shape index (κ1) is 21.3. The molecule has 10 heteroatoms. The average Bonchev–Trinajstić information content (AvgIpc) is 3.68. The van der Waals surface area contributed by atoms with Crippen LogP contribution in [0.1, 0.15) is 16.9 Å². The third-order valence-corrected chi connectivity index (χ3v) is 7.32. The Morgan fingerprint density at radius 1 is 0.944 bits per heavy atom. The second-order valence-corrected chi connectivity index (χ2v) is 9.48. The Kier molecular flexibility index (Phi) is 5.05. The smallest absolute Gasteiger partial charge is 0.273 e. The number of likely N-dealkylation sites (tertiary alicyclic amines) is 1. The predicted octanol–water partition coefficient (Wildman–Crippen LogP) is 2.35. The SMILES string of the molecule is O=C(c1ccnc(N2CCOCC2)n1)N1CC2CC1CN2c1cccc(-c2nc3ccccc3[nH]2)n1. The van der Waals surface area contributed by atoms with E-state index in [1.54, 1.807) is 12.3 Å². The highest BCUT2D eigenvalue weighted by Crippen LogP contribution is 2.35. The fourth-order valence-electron chi connectivity index (χ4n) is 5.52. The molecule has 2 bridgehead atoms. The number of hydrogen-bond acceptors (Lipinski definition) is 8. The Labute approximate surface area is 208 Å². The summed E-state index contributed by atoms with van der Waals surface area (Å²) in [6, 6.07) is 16.1. The summed E-state index contributed by atoms with van der Waals surface area (Å²) in [5.74, 6) is 2.26. The molecule has 3 aliphatic heterocycles. The van der Waals surface area contributed by atoms with Crippen LogP contribution in [0, 0.1) is 0 Å². The van der Waals surface area contributed by atoms with E-state index in [1.165, 1.54) is 0 Å². The number of rotatable bonds is 4. The van der Waals surface area contributed by atoms with Crippen LogP contribution in [0.5, 0.6) is 0 Å². The molecule has 3 saturated heterocycles. The monoisotopic (exact) mass is 482 g/mol. The van der Waals surface area contributed by atoms with Gasteiger partial charge in [0.15, 0.2) is 5.82 Å². The number of pyridine rings is 1. The highest BCUT2D eigenvalue weighted by atomic mass is 16.5. The van der Waals surface area contributed by atoms with E-state index < -0.39 is 0 Å². The first-order valence-electron chi connectivity index (χ1n) is 12.4. The summed E-state index contributed by atoms with van der Waals surface area (Å²) in [7, 11) is 0. The Morgan fingerprint density at radius 3 is 2.67 bits per heavy atom. The molecular formula is C26H26N8O2. The van der Waals surface area contributed by atoms with Gasteiger partial charge in [0.25, 0.3) is 5.91 Å². The van der Waals surface area contributed by atoms with E-state index in [-0.39, 0.29) is 18.0 Å². The highest BCUT2D eigenvalue weighted by Gasteiger charge is 2.46. The van der Waals surface area contributed by atoms with Gasteiger partial charge in [0, 0.05) is 32.4 Å². The topological polar surface area (TPSA) is 103 Å². The molecule has 7 rings (SSSR count). The minimum absolute atomic E-state index is 0.0250. The van der Waals surface area contributed by atoms with Crippen LogP contribution in [-0.4, -0.2) is 87.2 Å². The van der Waals surface area contributed by atoms with Crippen molar-refractivity contribution in [3.8, 4) is 11.5 Å². The second-order valence-electron chi connectivity index (χ2n) is 9.48. The number of para-hydroxylation sites is 2. The molecule has 0 radical (unpaired) electrons. The van der Waals surface area contributed by atoms with Gasteiger partial charge < -0.3 is 24.4 Å². The van der Waals surface area contributed by atoms with Gasteiger partial charge in [-0.1, -0.05) is 18.2 Å². The quantitative estimate of drug-likeness (QED) is 0.473. The molecule has 0 saturated carbocycles. The van der Waals surface area contributed by atoms with Crippen molar-refractivity contribution in [2.24, 2.45) is 0 Å². The number of imidazole rings is 1. The van der Waals surface area contributed by atoms with E-state index in [1.807, 2.05) is 47.4 Å². The predicted molar refractivity (Wildman–Crippen MR) is 135 cm³/mol. The van der Waals surface area contributed by atoms with Crippen molar-refractivity contribution >= 4 is 28.7 Å². The second kappa shape index (κ2) is 8.56. The number of carbonyl (C=O) groups is 1. The van der Waals surface area contributed by atoms with Gasteiger partial charge in [-0.15, -0.1) is 0 Å². The molecule has 3 aliphatic rings. The maximum absolute atomic E-state index is 13.4. The number of ether oxygens (including phenoxy) is 1. The molecule has 4 aromatic rings. The molecule has 182 valence electrons. The summed E-state index contributed by atoms with van der Waals surface area (Å²) in [6.07, 6.45) is 2.61. The lowest BCUT2D eigenvalue weighted by atomic mass is 10.2. The van der Waals surface area contributed by atoms with Gasteiger partial charge in [-0.05, 0) is 36.8 Å². The number of carbonyl (C=O) groups excluding carboxylic acids is 1. The molecule has 2 unspecified atom stereocenters. The first-order chi connectivity index (χ1) is 17.7. The van der Waals surface area contributed by atoms with Crippen LogP contribution in [0.15, 0.2) is 54.7 Å². The Balaban J connectivity index is 1.08. The van der Waals surface area contributed by atoms with Gasteiger partial charge in [-0.3, -0.25) is 4.79 Å². The van der Waals surface area contributed by atoms with Gasteiger partial charge in [-0.25, -0.2) is 19.9 Å². The molecule has 2 atom stereocenters. The zero-order valence-corrected chi connectivity index (χ0v) is 19.7. The molecule has 1 aromatic carbocycles. The molecule has 1 N–H and O–H groups in total. The lowest BCUT2D eigenvalue weighted by Crippen LogP contribution is -2.49. The summed E-state index contributed by atoms with van der Waals surface area (Å²) >= 11 is 0. The third kappa shape index (κ3) is 3.65. The van der Waals surface area contributed by atoms with Crippen molar-refractivity contribution in [1.29, 1.82) is 0 Å². The summed E-state index contributed by atoms with van der Waals surface area (Å²) in [4.78, 5) is 41.7. The Hall–Kier alpha value is -4.05. The van der Waals surface area contributed by atoms with Crippen molar-refractivity contribution in [3.05, 3.63) is 60.4 Å². The van der Waals surface area contributed by atoms with Crippen LogP contribution in [0.3, 0.4) is 0 Å². The fraction of sp³-hybridized carbons (Fsp3) is 0.346. The van der Waals surface area contributed by atoms with Gasteiger partial charge >= 0.3 is 0 Å². The number of aromatic amines is 1. The van der Waals surface area contributed by atoms with Crippen molar-refractivity contribution < 1.29 is 9.53 Å². The maximum Gasteiger partial charge on any atom is 0.273 e. The van der Waals surface area contributed by atoms with Crippen molar-refractivity contribution in [1.82, 2.24) is 29.8 Å². The molecule has 10 nitrogen and oxygen atoms in total. The zero-order valence-electron chi connectivity index (χ0n) is 19.7. The number of morpholine rings is 1. The number of aromatic nitrogens is 5. The van der Waals surface area contributed by atoms with Gasteiger partial charge in [0.05, 0.1) is 36.3 Å². The normalized spacial score (nSPS) is 21.5. The zero-order chi connectivity index (χ0) is 24.1. The molecule has 0 aliphatic carbocycles. The highest BCUT2D eigenvalue weighted by molar-refractivity contribution is 5.93. The number of H-pyrrole nitrogens is 1. The number of anilines is 2. The van der Waals surface area contributed by atoms with E-state index in [2.05, 4.69) is 24.8 Å². The number of nitrogens with one attached hydrogen (secondary N) is 1. The fourth-order valence-corrected chi connectivity index (χ4v) is 5.52. The standard InChI is InChI=1S/C26H26N8O2/c35-25(22-8-9-27-26(31-22)32-10-12-36-13-11-32)34-16-17-14-18(34)15-33(17)23-7-3-6-21(28-23)24-29-19-4-1-2-5-20(19)30-24/h1-9,17-18H,10-16H2,(H,29,30). The summed E-state index contributed by atoms with van der Waals surface area (Å²) in [5.41, 5.74) is 3.19. The number of nitrogens with zero attached hydrogens (tertiary/aromatic N) is 7.